The number of ether oxygens (including phenoxy) is 2. The van der Waals surface area contributed by atoms with Crippen LogP contribution in [0.25, 0.3) is 0 Å². The van der Waals surface area contributed by atoms with E-state index in [0.717, 1.165) is 0 Å². The molecule has 0 aliphatic carbocycles. The average molecular weight is 595 g/mol. The highest BCUT2D eigenvalue weighted by atomic mass is 16.5. The Hall–Kier alpha value is -2.85. The van der Waals surface area contributed by atoms with Crippen LogP contribution in [0.15, 0.2) is 0 Å². The molecule has 0 aromatic rings. The van der Waals surface area contributed by atoms with Gasteiger partial charge in [-0.1, -0.05) is 0 Å². The van der Waals surface area contributed by atoms with Crippen LogP contribution in [0, 0.1) is 0 Å². The number of hydrogen-bond donors (Lipinski definition) is 4. The van der Waals surface area contributed by atoms with E-state index < -0.39 is 42.4 Å². The van der Waals surface area contributed by atoms with Gasteiger partial charge in [-0.25, -0.2) is 0 Å². The van der Waals surface area contributed by atoms with E-state index in [-0.39, 0.29) is 74.9 Å². The SMILES string of the molecule is COCC(=O)N1CCN2C[C@H]1C(=O)NC[C@H]1O[C@@H](CC(=O)N[C@H]3C[C@@H](C2=O)N(C2CCN(C(C)=O)CC2)C3)[C@H](O)[C@@H]1O. The molecule has 5 fully saturated rings. The Morgan fingerprint density at radius 1 is 1.00 bits per heavy atom. The summed E-state index contributed by atoms with van der Waals surface area (Å²) in [6.07, 6.45) is -3.01. The molecule has 4 N–H and O–H groups in total. The van der Waals surface area contributed by atoms with Crippen molar-refractivity contribution in [3.8, 4) is 0 Å². The molecule has 6 bridgehead atoms. The van der Waals surface area contributed by atoms with Crippen LogP contribution in [-0.4, -0.2) is 167 Å². The molecule has 0 unspecified atom stereocenters. The van der Waals surface area contributed by atoms with Gasteiger partial charge in [-0.05, 0) is 19.3 Å². The predicted molar refractivity (Wildman–Crippen MR) is 145 cm³/mol. The van der Waals surface area contributed by atoms with Crippen molar-refractivity contribution in [1.29, 1.82) is 0 Å². The number of nitrogens with one attached hydrogen (secondary N) is 2. The summed E-state index contributed by atoms with van der Waals surface area (Å²) in [7, 11) is 1.39. The van der Waals surface area contributed by atoms with Crippen LogP contribution in [0.1, 0.15) is 32.6 Å². The maximum Gasteiger partial charge on any atom is 0.249 e. The first-order chi connectivity index (χ1) is 20.1. The third kappa shape index (κ3) is 6.25. The maximum atomic E-state index is 14.1. The average Bonchev–Trinajstić information content (AvgIpc) is 3.51. The summed E-state index contributed by atoms with van der Waals surface area (Å²) in [4.78, 5) is 72.2. The Bertz CT molecular complexity index is 1070. The summed E-state index contributed by atoms with van der Waals surface area (Å²) in [5, 5.41) is 26.8. The molecule has 15 nitrogen and oxygen atoms in total. The number of piperazine rings is 1. The smallest absolute Gasteiger partial charge is 0.249 e. The quantitative estimate of drug-likeness (QED) is 0.253. The molecule has 234 valence electrons. The molecule has 0 saturated carbocycles. The number of carbonyl (C=O) groups is 5. The van der Waals surface area contributed by atoms with E-state index in [1.807, 2.05) is 0 Å². The van der Waals surface area contributed by atoms with Gasteiger partial charge in [0.2, 0.25) is 29.5 Å². The third-order valence-corrected chi connectivity index (χ3v) is 9.28. The minimum absolute atomic E-state index is 0.0129. The fraction of sp³-hybridized carbons (Fsp3) is 0.815. The van der Waals surface area contributed by atoms with Crippen molar-refractivity contribution in [2.75, 3.05) is 59.5 Å². The van der Waals surface area contributed by atoms with Crippen LogP contribution in [0.4, 0.5) is 0 Å². The van der Waals surface area contributed by atoms with Gasteiger partial charge >= 0.3 is 0 Å². The zero-order chi connectivity index (χ0) is 30.1. The minimum Gasteiger partial charge on any atom is -0.388 e. The number of nitrogens with zero attached hydrogens (tertiary/aromatic N) is 4. The summed E-state index contributed by atoms with van der Waals surface area (Å²) in [5.74, 6) is -1.42. The van der Waals surface area contributed by atoms with Gasteiger partial charge in [0.15, 0.2) is 0 Å². The first-order valence-electron chi connectivity index (χ1n) is 14.7. The third-order valence-electron chi connectivity index (χ3n) is 9.28. The Labute approximate surface area is 244 Å². The van der Waals surface area contributed by atoms with Crippen LogP contribution in [0.3, 0.4) is 0 Å². The number of fused-ring (bicyclic) bond motifs is 6. The van der Waals surface area contributed by atoms with Gasteiger partial charge in [-0.15, -0.1) is 0 Å². The molecule has 5 heterocycles. The number of piperidine rings is 1. The summed E-state index contributed by atoms with van der Waals surface area (Å²) < 4.78 is 10.8. The van der Waals surface area contributed by atoms with E-state index in [4.69, 9.17) is 9.47 Å². The van der Waals surface area contributed by atoms with Gasteiger partial charge in [0, 0.05) is 65.4 Å². The molecule has 5 rings (SSSR count). The summed E-state index contributed by atoms with van der Waals surface area (Å²) in [6, 6.07) is -1.85. The van der Waals surface area contributed by atoms with E-state index in [1.165, 1.54) is 12.0 Å². The molecule has 0 aromatic heterocycles. The molecule has 0 aromatic carbocycles. The Morgan fingerprint density at radius 2 is 1.71 bits per heavy atom. The van der Waals surface area contributed by atoms with E-state index in [9.17, 15) is 34.2 Å². The van der Waals surface area contributed by atoms with Gasteiger partial charge in [-0.2, -0.15) is 0 Å². The number of carbonyl (C=O) groups excluding carboxylic acids is 5. The predicted octanol–water partition coefficient (Wildman–Crippen LogP) is -3.75. The molecule has 42 heavy (non-hydrogen) atoms. The van der Waals surface area contributed by atoms with Crippen molar-refractivity contribution < 1.29 is 43.7 Å². The molecule has 0 radical (unpaired) electrons. The molecular formula is C27H42N6O9. The summed E-state index contributed by atoms with van der Waals surface area (Å²) >= 11 is 0. The molecule has 0 spiro atoms. The van der Waals surface area contributed by atoms with Gasteiger partial charge in [0.1, 0.15) is 31.0 Å². The second kappa shape index (κ2) is 12.8. The van der Waals surface area contributed by atoms with Crippen LogP contribution in [0.2, 0.25) is 0 Å². The van der Waals surface area contributed by atoms with Crippen LogP contribution in [0.5, 0.6) is 0 Å². The number of aliphatic hydroxyl groups excluding tert-OH is 2. The van der Waals surface area contributed by atoms with Gasteiger partial charge in [-0.3, -0.25) is 28.9 Å². The molecule has 5 amide bonds. The minimum atomic E-state index is -1.32. The highest BCUT2D eigenvalue weighted by molar-refractivity contribution is 5.90. The normalized spacial score (nSPS) is 35.3. The number of hydrogen-bond acceptors (Lipinski definition) is 10. The van der Waals surface area contributed by atoms with Crippen LogP contribution in [-0.2, 0) is 33.4 Å². The van der Waals surface area contributed by atoms with E-state index in [2.05, 4.69) is 15.5 Å². The van der Waals surface area contributed by atoms with Crippen molar-refractivity contribution in [2.45, 2.75) is 81.2 Å². The molecule has 15 heteroatoms. The van der Waals surface area contributed by atoms with Crippen LogP contribution >= 0.6 is 0 Å². The van der Waals surface area contributed by atoms with Crippen molar-refractivity contribution in [3.63, 3.8) is 0 Å². The van der Waals surface area contributed by atoms with Gasteiger partial charge in [0.25, 0.3) is 0 Å². The zero-order valence-electron chi connectivity index (χ0n) is 24.1. The first kappa shape index (κ1) is 30.6. The topological polar surface area (TPSA) is 181 Å². The Morgan fingerprint density at radius 3 is 2.40 bits per heavy atom. The highest BCUT2D eigenvalue weighted by Gasteiger charge is 2.48. The van der Waals surface area contributed by atoms with Crippen molar-refractivity contribution in [3.05, 3.63) is 0 Å². The number of rotatable bonds is 3. The Kier molecular flexibility index (Phi) is 9.32. The lowest BCUT2D eigenvalue weighted by atomic mass is 10.0. The molecule has 7 atom stereocenters. The summed E-state index contributed by atoms with van der Waals surface area (Å²) in [6.45, 7) is 3.12. The van der Waals surface area contributed by atoms with E-state index in [1.54, 1.807) is 16.7 Å². The lowest BCUT2D eigenvalue weighted by Crippen LogP contribution is -2.64. The Balaban J connectivity index is 1.41. The standard InChI is InChI=1S/C27H42N6O9/c1-15(34)30-5-3-17(4-6-30)33-12-16-9-18(33)27(40)31-7-8-32(23(36)14-41-2)19(13-31)26(39)28-11-21-25(38)24(37)20(42-21)10-22(35)29-16/h16-21,24-25,37-38H,3-14H2,1-2H3,(H,28,39)(H,29,35)/t16-,18-,19-,20-,21+,24-,25+/m0/s1. The number of aliphatic hydroxyl groups is 2. The molecule has 5 aliphatic heterocycles. The fourth-order valence-corrected chi connectivity index (χ4v) is 7.00. The first-order valence-corrected chi connectivity index (χ1v) is 14.7. The van der Waals surface area contributed by atoms with Gasteiger partial charge < -0.3 is 45.0 Å². The lowest BCUT2D eigenvalue weighted by molar-refractivity contribution is -0.152. The zero-order valence-corrected chi connectivity index (χ0v) is 24.1. The monoisotopic (exact) mass is 594 g/mol. The number of methoxy groups -OCH3 is 1. The van der Waals surface area contributed by atoms with Gasteiger partial charge in [0.05, 0.1) is 25.1 Å². The largest absolute Gasteiger partial charge is 0.388 e. The van der Waals surface area contributed by atoms with Crippen molar-refractivity contribution in [2.24, 2.45) is 0 Å². The maximum absolute atomic E-state index is 14.1. The van der Waals surface area contributed by atoms with Crippen LogP contribution < -0.4 is 10.6 Å². The molecule has 5 saturated heterocycles. The van der Waals surface area contributed by atoms with Crippen molar-refractivity contribution >= 4 is 29.5 Å². The van der Waals surface area contributed by atoms with Crippen molar-refractivity contribution in [1.82, 2.24) is 30.2 Å². The lowest BCUT2D eigenvalue weighted by Gasteiger charge is -2.43. The van der Waals surface area contributed by atoms with E-state index in [0.29, 0.717) is 38.9 Å². The number of likely N-dealkylation sites (tertiary alicyclic amines) is 2. The molecule has 5 aliphatic rings. The summed E-state index contributed by atoms with van der Waals surface area (Å²) in [5.41, 5.74) is 0. The highest BCUT2D eigenvalue weighted by Crippen LogP contribution is 2.30. The van der Waals surface area contributed by atoms with E-state index >= 15 is 0 Å². The second-order valence-electron chi connectivity index (χ2n) is 11.9. The second-order valence-corrected chi connectivity index (χ2v) is 11.9. The number of amides is 5. The fourth-order valence-electron chi connectivity index (χ4n) is 7.00. The molecular weight excluding hydrogens is 552 g/mol.